The molecule has 0 saturated heterocycles. The lowest BCUT2D eigenvalue weighted by atomic mass is 10.2. The number of ether oxygens (including phenoxy) is 2. The van der Waals surface area contributed by atoms with E-state index < -0.39 is 17.4 Å². The molecule has 1 amide bonds. The van der Waals surface area contributed by atoms with Crippen molar-refractivity contribution < 1.29 is 19.1 Å². The van der Waals surface area contributed by atoms with Gasteiger partial charge in [0.25, 0.3) is 5.56 Å². The Hall–Kier alpha value is -2.70. The predicted molar refractivity (Wildman–Crippen MR) is 99.1 cm³/mol. The van der Waals surface area contributed by atoms with Crippen LogP contribution in [0.5, 0.6) is 0 Å². The van der Waals surface area contributed by atoms with Gasteiger partial charge in [-0.05, 0) is 6.92 Å². The van der Waals surface area contributed by atoms with Crippen LogP contribution in [0, 0.1) is 0 Å². The zero-order chi connectivity index (χ0) is 19.4. The Balaban J connectivity index is 1.80. The van der Waals surface area contributed by atoms with Gasteiger partial charge >= 0.3 is 5.97 Å². The van der Waals surface area contributed by atoms with Crippen molar-refractivity contribution in [2.45, 2.75) is 20.1 Å². The van der Waals surface area contributed by atoms with E-state index in [1.54, 1.807) is 6.92 Å². The molecule has 12 heteroatoms. The van der Waals surface area contributed by atoms with Crippen LogP contribution < -0.4 is 10.9 Å². The van der Waals surface area contributed by atoms with Crippen LogP contribution in [0.3, 0.4) is 0 Å². The van der Waals surface area contributed by atoms with Gasteiger partial charge in [0.1, 0.15) is 23.0 Å². The molecule has 3 aromatic rings. The van der Waals surface area contributed by atoms with E-state index in [1.165, 1.54) is 41.5 Å². The number of carbonyl (C=O) groups excluding carboxylic acids is 2. The number of hydrogen-bond acceptors (Lipinski definition) is 10. The van der Waals surface area contributed by atoms with Gasteiger partial charge in [0.2, 0.25) is 11.0 Å². The van der Waals surface area contributed by atoms with Gasteiger partial charge < -0.3 is 9.47 Å². The molecule has 3 aromatic heterocycles. The second kappa shape index (κ2) is 8.33. The van der Waals surface area contributed by atoms with E-state index in [9.17, 15) is 14.4 Å². The Bertz CT molecular complexity index is 1040. The fourth-order valence-corrected chi connectivity index (χ4v) is 3.83. The first-order valence-electron chi connectivity index (χ1n) is 7.78. The summed E-state index contributed by atoms with van der Waals surface area (Å²) in [6.07, 6.45) is 1.27. The normalized spacial score (nSPS) is 10.9. The minimum atomic E-state index is -0.593. The van der Waals surface area contributed by atoms with E-state index in [0.717, 1.165) is 4.57 Å². The third-order valence-electron chi connectivity index (χ3n) is 3.35. The minimum Gasteiger partial charge on any atom is -0.462 e. The van der Waals surface area contributed by atoms with Gasteiger partial charge in [-0.3, -0.25) is 19.5 Å². The second-order valence-electron chi connectivity index (χ2n) is 5.21. The maximum atomic E-state index is 12.7. The lowest BCUT2D eigenvalue weighted by Crippen LogP contribution is -2.28. The van der Waals surface area contributed by atoms with E-state index >= 15 is 0 Å². The first-order valence-corrected chi connectivity index (χ1v) is 9.48. The van der Waals surface area contributed by atoms with E-state index in [0.29, 0.717) is 21.6 Å². The molecule has 0 aliphatic carbocycles. The summed E-state index contributed by atoms with van der Waals surface area (Å²) in [5.41, 5.74) is -0.339. The zero-order valence-corrected chi connectivity index (χ0v) is 16.1. The third kappa shape index (κ3) is 4.18. The summed E-state index contributed by atoms with van der Waals surface area (Å²) in [7, 11) is 1.53. The summed E-state index contributed by atoms with van der Waals surface area (Å²) < 4.78 is 11.0. The van der Waals surface area contributed by atoms with E-state index in [4.69, 9.17) is 9.47 Å². The summed E-state index contributed by atoms with van der Waals surface area (Å²) in [6.45, 7) is 1.89. The number of carbonyl (C=O) groups is 2. The Kier molecular flexibility index (Phi) is 5.88. The van der Waals surface area contributed by atoms with Crippen LogP contribution in [0.4, 0.5) is 5.13 Å². The summed E-state index contributed by atoms with van der Waals surface area (Å²) in [5, 5.41) is 12.9. The molecule has 10 nitrogen and oxygen atoms in total. The maximum Gasteiger partial charge on any atom is 0.339 e. The van der Waals surface area contributed by atoms with Gasteiger partial charge in [-0.2, -0.15) is 0 Å². The quantitative estimate of drug-likeness (QED) is 0.578. The van der Waals surface area contributed by atoms with Crippen LogP contribution in [0.1, 0.15) is 22.3 Å². The van der Waals surface area contributed by atoms with Crippen molar-refractivity contribution in [1.82, 2.24) is 19.7 Å². The molecule has 0 fully saturated rings. The van der Waals surface area contributed by atoms with Crippen molar-refractivity contribution in [3.63, 3.8) is 0 Å². The molecule has 0 bridgehead atoms. The number of rotatable bonds is 7. The van der Waals surface area contributed by atoms with Crippen LogP contribution in [0.2, 0.25) is 0 Å². The van der Waals surface area contributed by atoms with Gasteiger partial charge in [-0.1, -0.05) is 11.3 Å². The van der Waals surface area contributed by atoms with Gasteiger partial charge in [-0.15, -0.1) is 21.5 Å². The molecule has 3 heterocycles. The molecule has 27 heavy (non-hydrogen) atoms. The van der Waals surface area contributed by atoms with Crippen LogP contribution in [0.15, 0.2) is 16.5 Å². The summed E-state index contributed by atoms with van der Waals surface area (Å²) in [5.74, 6) is -1.06. The Morgan fingerprint density at radius 1 is 1.33 bits per heavy atom. The SMILES string of the molecule is CCOC(=O)c1csc2ncn(CC(=O)Nc3nnc(COC)s3)c(=O)c12. The standard InChI is InChI=1S/C15H15N5O5S2/c1-3-25-14(23)8-6-26-12-11(8)13(22)20(7-16-12)4-9(21)17-15-19-18-10(27-15)5-24-2/h6-7H,3-5H2,1-2H3,(H,17,19,21). The number of methoxy groups -OCH3 is 1. The fraction of sp³-hybridized carbons (Fsp3) is 0.333. The summed E-state index contributed by atoms with van der Waals surface area (Å²) in [6, 6.07) is 0. The van der Waals surface area contributed by atoms with Gasteiger partial charge in [0.15, 0.2) is 0 Å². The highest BCUT2D eigenvalue weighted by atomic mass is 32.1. The fourth-order valence-electron chi connectivity index (χ4n) is 2.24. The smallest absolute Gasteiger partial charge is 0.339 e. The van der Waals surface area contributed by atoms with Gasteiger partial charge in [0, 0.05) is 12.5 Å². The summed E-state index contributed by atoms with van der Waals surface area (Å²) >= 11 is 2.34. The molecule has 0 unspecified atom stereocenters. The molecule has 3 rings (SSSR count). The van der Waals surface area contributed by atoms with Crippen LogP contribution in [-0.4, -0.2) is 45.3 Å². The lowest BCUT2D eigenvalue weighted by Gasteiger charge is -2.05. The van der Waals surface area contributed by atoms with Crippen molar-refractivity contribution in [3.05, 3.63) is 32.6 Å². The number of aromatic nitrogens is 4. The molecule has 0 radical (unpaired) electrons. The highest BCUT2D eigenvalue weighted by Crippen LogP contribution is 2.21. The largest absolute Gasteiger partial charge is 0.462 e. The molecular formula is C15H15N5O5S2. The molecular weight excluding hydrogens is 394 g/mol. The molecule has 0 aromatic carbocycles. The van der Waals surface area contributed by atoms with Crippen LogP contribution >= 0.6 is 22.7 Å². The van der Waals surface area contributed by atoms with E-state index in [2.05, 4.69) is 20.5 Å². The maximum absolute atomic E-state index is 12.7. The lowest BCUT2D eigenvalue weighted by molar-refractivity contribution is -0.116. The molecule has 0 spiro atoms. The number of esters is 1. The highest BCUT2D eigenvalue weighted by Gasteiger charge is 2.19. The molecule has 142 valence electrons. The first kappa shape index (κ1) is 19.1. The highest BCUT2D eigenvalue weighted by molar-refractivity contribution is 7.17. The summed E-state index contributed by atoms with van der Waals surface area (Å²) in [4.78, 5) is 41.5. The van der Waals surface area contributed by atoms with E-state index in [-0.39, 0.29) is 24.1 Å². The Labute approximate surface area is 160 Å². The minimum absolute atomic E-state index is 0.145. The van der Waals surface area contributed by atoms with E-state index in [1.807, 2.05) is 0 Å². The van der Waals surface area contributed by atoms with Crippen molar-refractivity contribution in [2.75, 3.05) is 19.0 Å². The van der Waals surface area contributed by atoms with Crippen molar-refractivity contribution >= 4 is 49.9 Å². The van der Waals surface area contributed by atoms with Crippen molar-refractivity contribution in [2.24, 2.45) is 0 Å². The number of hydrogen-bond donors (Lipinski definition) is 1. The second-order valence-corrected chi connectivity index (χ2v) is 7.13. The van der Waals surface area contributed by atoms with Gasteiger partial charge in [0.05, 0.1) is 23.9 Å². The number of thiophene rings is 1. The molecule has 0 atom stereocenters. The first-order chi connectivity index (χ1) is 13.0. The van der Waals surface area contributed by atoms with Crippen LogP contribution in [-0.2, 0) is 27.4 Å². The number of anilines is 1. The topological polar surface area (TPSA) is 125 Å². The predicted octanol–water partition coefficient (Wildman–Crippen LogP) is 1.27. The molecule has 0 saturated carbocycles. The van der Waals surface area contributed by atoms with Gasteiger partial charge in [-0.25, -0.2) is 9.78 Å². The number of fused-ring (bicyclic) bond motifs is 1. The number of amides is 1. The molecule has 1 N–H and O–H groups in total. The van der Waals surface area contributed by atoms with Crippen molar-refractivity contribution in [3.8, 4) is 0 Å². The Morgan fingerprint density at radius 2 is 2.15 bits per heavy atom. The molecule has 0 aliphatic heterocycles. The number of nitrogens with zero attached hydrogens (tertiary/aromatic N) is 4. The monoisotopic (exact) mass is 409 g/mol. The Morgan fingerprint density at radius 3 is 2.89 bits per heavy atom. The zero-order valence-electron chi connectivity index (χ0n) is 14.4. The van der Waals surface area contributed by atoms with Crippen molar-refractivity contribution in [1.29, 1.82) is 0 Å². The average Bonchev–Trinajstić information content (AvgIpc) is 3.25. The average molecular weight is 409 g/mol. The molecule has 0 aliphatic rings. The number of nitrogens with one attached hydrogen (secondary N) is 1. The third-order valence-corrected chi connectivity index (χ3v) is 5.05. The van der Waals surface area contributed by atoms with Crippen LogP contribution in [0.25, 0.3) is 10.2 Å².